The fourth-order valence-corrected chi connectivity index (χ4v) is 6.20. The fraction of sp³-hybridized carbons (Fsp3) is 0.517. The Morgan fingerprint density at radius 3 is 2.77 bits per heavy atom. The zero-order valence-electron chi connectivity index (χ0n) is 20.8. The number of ether oxygens (including phenoxy) is 1. The van der Waals surface area contributed by atoms with Crippen molar-refractivity contribution in [2.45, 2.75) is 63.5 Å². The minimum atomic E-state index is 0. The summed E-state index contributed by atoms with van der Waals surface area (Å²) in [5.41, 5.74) is 5.59. The third-order valence-electron chi connectivity index (χ3n) is 7.60. The number of aromatic nitrogens is 1. The maximum absolute atomic E-state index is 5.88. The number of halogens is 2. The number of fused-ring (bicyclic) bond motifs is 1. The standard InChI is InChI=1S/C29H38BrN3O.ClH/c1-21-6-5-7-22(16-21)26(12-13-31-18-25-19-32-14-15-34-25)28-20-33(24-8-3-2-4-9-24)29-11-10-23(30)17-27(28)29;/h5-7,10-11,16-17,20,24-26,31-32H,2-4,8-9,12-15,18-19H2,1H3;1H. The van der Waals surface area contributed by atoms with Gasteiger partial charge in [0.2, 0.25) is 0 Å². The Hall–Kier alpha value is -1.37. The van der Waals surface area contributed by atoms with Crippen LogP contribution >= 0.6 is 28.3 Å². The highest BCUT2D eigenvalue weighted by atomic mass is 79.9. The minimum absolute atomic E-state index is 0. The molecule has 35 heavy (non-hydrogen) atoms. The lowest BCUT2D eigenvalue weighted by Gasteiger charge is -2.25. The summed E-state index contributed by atoms with van der Waals surface area (Å²) in [5.74, 6) is 0.361. The molecular formula is C29H39BrClN3O. The third kappa shape index (κ3) is 6.50. The molecule has 1 aliphatic carbocycles. The van der Waals surface area contributed by atoms with E-state index >= 15 is 0 Å². The van der Waals surface area contributed by atoms with E-state index in [1.165, 1.54) is 59.7 Å². The second kappa shape index (κ2) is 12.7. The van der Waals surface area contributed by atoms with Gasteiger partial charge in [-0.2, -0.15) is 0 Å². The zero-order valence-corrected chi connectivity index (χ0v) is 23.2. The number of morpholine rings is 1. The molecule has 1 aromatic heterocycles. The Morgan fingerprint density at radius 2 is 2.00 bits per heavy atom. The van der Waals surface area contributed by atoms with Gasteiger partial charge < -0.3 is 19.9 Å². The van der Waals surface area contributed by atoms with Crippen LogP contribution in [-0.4, -0.2) is 43.5 Å². The van der Waals surface area contributed by atoms with Crippen LogP contribution < -0.4 is 10.6 Å². The monoisotopic (exact) mass is 559 g/mol. The Balaban J connectivity index is 0.00000289. The zero-order chi connectivity index (χ0) is 23.3. The maximum atomic E-state index is 5.88. The van der Waals surface area contributed by atoms with Crippen LogP contribution in [0.15, 0.2) is 53.1 Å². The van der Waals surface area contributed by atoms with Crippen LogP contribution in [-0.2, 0) is 4.74 Å². The van der Waals surface area contributed by atoms with Gasteiger partial charge in [-0.15, -0.1) is 12.4 Å². The molecule has 3 aromatic rings. The van der Waals surface area contributed by atoms with Gasteiger partial charge in [-0.05, 0) is 62.1 Å². The Kier molecular flexibility index (Phi) is 9.71. The van der Waals surface area contributed by atoms with Crippen molar-refractivity contribution in [2.24, 2.45) is 0 Å². The highest BCUT2D eigenvalue weighted by molar-refractivity contribution is 9.10. The molecule has 0 amide bonds. The molecule has 0 radical (unpaired) electrons. The number of rotatable bonds is 8. The molecule has 2 fully saturated rings. The van der Waals surface area contributed by atoms with Crippen LogP contribution in [0.5, 0.6) is 0 Å². The van der Waals surface area contributed by atoms with Crippen molar-refractivity contribution < 1.29 is 4.74 Å². The number of hydrogen-bond donors (Lipinski definition) is 2. The van der Waals surface area contributed by atoms with Crippen LogP contribution in [0.2, 0.25) is 0 Å². The summed E-state index contributed by atoms with van der Waals surface area (Å²) in [5, 5.41) is 8.51. The van der Waals surface area contributed by atoms with E-state index in [-0.39, 0.29) is 18.5 Å². The minimum Gasteiger partial charge on any atom is -0.374 e. The quantitative estimate of drug-likeness (QED) is 0.300. The van der Waals surface area contributed by atoms with Crippen molar-refractivity contribution in [1.29, 1.82) is 0 Å². The van der Waals surface area contributed by atoms with E-state index in [1.54, 1.807) is 0 Å². The van der Waals surface area contributed by atoms with E-state index in [1.807, 2.05) is 0 Å². The molecule has 0 bridgehead atoms. The summed E-state index contributed by atoms with van der Waals surface area (Å²) in [7, 11) is 0. The molecule has 1 aliphatic heterocycles. The SMILES string of the molecule is Cc1cccc(C(CCNCC2CNCCO2)c2cn(C3CCCCC3)c3ccc(Br)cc23)c1.Cl. The lowest BCUT2D eigenvalue weighted by atomic mass is 9.87. The molecule has 190 valence electrons. The molecule has 2 aliphatic rings. The van der Waals surface area contributed by atoms with E-state index in [9.17, 15) is 0 Å². The summed E-state index contributed by atoms with van der Waals surface area (Å²) in [6.07, 6.45) is 10.5. The summed E-state index contributed by atoms with van der Waals surface area (Å²) in [6.45, 7) is 6.80. The maximum Gasteiger partial charge on any atom is 0.0824 e. The van der Waals surface area contributed by atoms with Crippen LogP contribution in [0.4, 0.5) is 0 Å². The van der Waals surface area contributed by atoms with E-state index in [0.29, 0.717) is 12.0 Å². The van der Waals surface area contributed by atoms with E-state index in [4.69, 9.17) is 4.74 Å². The second-order valence-corrected chi connectivity index (χ2v) is 11.0. The lowest BCUT2D eigenvalue weighted by Crippen LogP contribution is -2.44. The number of benzene rings is 2. The highest BCUT2D eigenvalue weighted by Gasteiger charge is 2.24. The third-order valence-corrected chi connectivity index (χ3v) is 8.09. The first-order valence-electron chi connectivity index (χ1n) is 13.1. The fourth-order valence-electron chi connectivity index (χ4n) is 5.84. The Labute approximate surface area is 224 Å². The molecule has 5 rings (SSSR count). The smallest absolute Gasteiger partial charge is 0.0824 e. The van der Waals surface area contributed by atoms with Crippen molar-refractivity contribution in [3.8, 4) is 0 Å². The van der Waals surface area contributed by atoms with Gasteiger partial charge in [-0.1, -0.05) is 65.0 Å². The van der Waals surface area contributed by atoms with Crippen LogP contribution in [0.3, 0.4) is 0 Å². The lowest BCUT2D eigenvalue weighted by molar-refractivity contribution is 0.0293. The number of nitrogens with zero attached hydrogens (tertiary/aromatic N) is 1. The van der Waals surface area contributed by atoms with E-state index in [0.717, 1.165) is 43.7 Å². The van der Waals surface area contributed by atoms with Crippen molar-refractivity contribution >= 4 is 39.2 Å². The van der Waals surface area contributed by atoms with Crippen LogP contribution in [0.25, 0.3) is 10.9 Å². The molecule has 1 saturated heterocycles. The molecule has 2 atom stereocenters. The van der Waals surface area contributed by atoms with Crippen molar-refractivity contribution in [3.05, 3.63) is 69.8 Å². The number of nitrogens with one attached hydrogen (secondary N) is 2. The van der Waals surface area contributed by atoms with Gasteiger partial charge in [-0.3, -0.25) is 0 Å². The van der Waals surface area contributed by atoms with Crippen molar-refractivity contribution in [3.63, 3.8) is 0 Å². The molecule has 4 nitrogen and oxygen atoms in total. The van der Waals surface area contributed by atoms with Crippen LogP contribution in [0, 0.1) is 6.92 Å². The Morgan fingerprint density at radius 1 is 1.14 bits per heavy atom. The number of hydrogen-bond acceptors (Lipinski definition) is 3. The first-order valence-corrected chi connectivity index (χ1v) is 13.9. The van der Waals surface area contributed by atoms with Gasteiger partial charge >= 0.3 is 0 Å². The molecule has 0 spiro atoms. The highest BCUT2D eigenvalue weighted by Crippen LogP contribution is 2.39. The molecule has 2 N–H and O–H groups in total. The van der Waals surface area contributed by atoms with Crippen molar-refractivity contribution in [2.75, 3.05) is 32.8 Å². The summed E-state index contributed by atoms with van der Waals surface area (Å²) in [4.78, 5) is 0. The molecule has 6 heteroatoms. The molecule has 1 saturated carbocycles. The van der Waals surface area contributed by atoms with Gasteiger partial charge in [-0.25, -0.2) is 0 Å². The second-order valence-electron chi connectivity index (χ2n) is 10.1. The normalized spacial score (nSPS) is 20.0. The summed E-state index contributed by atoms with van der Waals surface area (Å²) in [6, 6.07) is 16.6. The van der Waals surface area contributed by atoms with Gasteiger partial charge in [0, 0.05) is 53.2 Å². The Bertz CT molecular complexity index is 1090. The van der Waals surface area contributed by atoms with E-state index < -0.39 is 0 Å². The van der Waals surface area contributed by atoms with Gasteiger partial charge in [0.25, 0.3) is 0 Å². The average molecular weight is 561 g/mol. The molecule has 2 heterocycles. The predicted octanol–water partition coefficient (Wildman–Crippen LogP) is 6.74. The van der Waals surface area contributed by atoms with Gasteiger partial charge in [0.15, 0.2) is 0 Å². The summed E-state index contributed by atoms with van der Waals surface area (Å²) >= 11 is 3.76. The molecule has 2 aromatic carbocycles. The molecule has 2 unspecified atom stereocenters. The largest absolute Gasteiger partial charge is 0.374 e. The van der Waals surface area contributed by atoms with Gasteiger partial charge in [0.1, 0.15) is 0 Å². The predicted molar refractivity (Wildman–Crippen MR) is 152 cm³/mol. The number of aryl methyl sites for hydroxylation is 1. The first-order chi connectivity index (χ1) is 16.7. The first kappa shape index (κ1) is 26.7. The van der Waals surface area contributed by atoms with E-state index in [2.05, 4.69) is 86.7 Å². The topological polar surface area (TPSA) is 38.2 Å². The van der Waals surface area contributed by atoms with Crippen molar-refractivity contribution in [1.82, 2.24) is 15.2 Å². The van der Waals surface area contributed by atoms with Crippen LogP contribution in [0.1, 0.15) is 67.2 Å². The average Bonchev–Trinajstić information content (AvgIpc) is 3.23. The summed E-state index contributed by atoms with van der Waals surface area (Å²) < 4.78 is 9.64. The molecular weight excluding hydrogens is 522 g/mol. The van der Waals surface area contributed by atoms with Gasteiger partial charge in [0.05, 0.1) is 12.7 Å².